The molecule has 44 heavy (non-hydrogen) atoms. The number of nitrogens with zero attached hydrogens (tertiary/aromatic N) is 6. The molecule has 0 bridgehead atoms. The van der Waals surface area contributed by atoms with E-state index in [0.717, 1.165) is 32.4 Å². The first-order chi connectivity index (χ1) is 21.0. The second kappa shape index (κ2) is 11.6. The van der Waals surface area contributed by atoms with Crippen molar-refractivity contribution in [2.75, 3.05) is 44.6 Å². The third kappa shape index (κ3) is 5.75. The van der Waals surface area contributed by atoms with E-state index in [1.54, 1.807) is 34.9 Å². The third-order valence-corrected chi connectivity index (χ3v) is 8.59. The molecule has 12 nitrogen and oxygen atoms in total. The summed E-state index contributed by atoms with van der Waals surface area (Å²) in [5, 5.41) is 12.6. The Labute approximate surface area is 251 Å². The fourth-order valence-electron chi connectivity index (χ4n) is 5.61. The van der Waals surface area contributed by atoms with Crippen molar-refractivity contribution in [1.29, 1.82) is 0 Å². The van der Waals surface area contributed by atoms with E-state index in [0.29, 0.717) is 43.0 Å². The van der Waals surface area contributed by atoms with E-state index in [4.69, 9.17) is 0 Å². The largest absolute Gasteiger partial charge is 0.435 e. The van der Waals surface area contributed by atoms with Crippen LogP contribution in [-0.4, -0.2) is 92.3 Å². The lowest BCUT2D eigenvalue weighted by Crippen LogP contribution is -2.61. The molecule has 0 spiro atoms. The van der Waals surface area contributed by atoms with E-state index < -0.39 is 17.8 Å². The molecule has 4 amide bonds. The molecule has 1 saturated carbocycles. The Morgan fingerprint density at radius 2 is 1.75 bits per heavy atom. The molecule has 2 aromatic heterocycles. The molecule has 2 aliphatic heterocycles. The molecule has 4 heterocycles. The van der Waals surface area contributed by atoms with Crippen LogP contribution in [-0.2, 0) is 13.2 Å². The van der Waals surface area contributed by atoms with Crippen LogP contribution < -0.4 is 16.0 Å². The number of hydrogen-bond donors (Lipinski definition) is 3. The summed E-state index contributed by atoms with van der Waals surface area (Å²) in [6.45, 7) is 4.96. The maximum atomic E-state index is 13.8. The molecule has 1 aromatic carbocycles. The van der Waals surface area contributed by atoms with Crippen molar-refractivity contribution in [2.45, 2.75) is 44.4 Å². The van der Waals surface area contributed by atoms with Crippen molar-refractivity contribution >= 4 is 23.5 Å². The minimum absolute atomic E-state index is 0.0652. The van der Waals surface area contributed by atoms with Crippen LogP contribution in [0.1, 0.15) is 57.5 Å². The number of benzene rings is 1. The predicted molar refractivity (Wildman–Crippen MR) is 154 cm³/mol. The van der Waals surface area contributed by atoms with Gasteiger partial charge in [0.1, 0.15) is 0 Å². The first-order valence-electron chi connectivity index (χ1n) is 14.7. The van der Waals surface area contributed by atoms with Crippen molar-refractivity contribution in [3.63, 3.8) is 0 Å². The van der Waals surface area contributed by atoms with Crippen LogP contribution in [0.5, 0.6) is 0 Å². The summed E-state index contributed by atoms with van der Waals surface area (Å²) in [5.41, 5.74) is 0.519. The fraction of sp³-hybridized carbons (Fsp3) is 0.483. The minimum Gasteiger partial charge on any atom is -0.335 e. The number of amides is 4. The van der Waals surface area contributed by atoms with E-state index in [2.05, 4.69) is 26.0 Å². The van der Waals surface area contributed by atoms with Gasteiger partial charge in [-0.15, -0.1) is 0 Å². The molecule has 6 rings (SSSR count). The molecule has 0 radical (unpaired) electrons. The Morgan fingerprint density at radius 3 is 2.34 bits per heavy atom. The third-order valence-electron chi connectivity index (χ3n) is 8.59. The van der Waals surface area contributed by atoms with Gasteiger partial charge >= 0.3 is 12.2 Å². The van der Waals surface area contributed by atoms with Gasteiger partial charge in [-0.1, -0.05) is 0 Å². The predicted octanol–water partition coefficient (Wildman–Crippen LogP) is 3.03. The van der Waals surface area contributed by atoms with Crippen molar-refractivity contribution in [3.05, 3.63) is 53.2 Å². The number of nitrogens with one attached hydrogen (secondary N) is 3. The van der Waals surface area contributed by atoms with Gasteiger partial charge in [0.25, 0.3) is 11.8 Å². The van der Waals surface area contributed by atoms with Gasteiger partial charge < -0.3 is 30.3 Å². The van der Waals surface area contributed by atoms with Gasteiger partial charge in [0, 0.05) is 63.8 Å². The lowest BCUT2D eigenvalue weighted by molar-refractivity contribution is -0.141. The van der Waals surface area contributed by atoms with Crippen molar-refractivity contribution in [3.8, 4) is 11.3 Å². The van der Waals surface area contributed by atoms with E-state index in [9.17, 15) is 27.6 Å². The lowest BCUT2D eigenvalue weighted by Gasteiger charge is -2.37. The average Bonchev–Trinajstić information content (AvgIpc) is 3.53. The highest BCUT2D eigenvalue weighted by molar-refractivity contribution is 6.03. The minimum atomic E-state index is -4.66. The van der Waals surface area contributed by atoms with Crippen LogP contribution in [0.3, 0.4) is 0 Å². The van der Waals surface area contributed by atoms with Crippen LogP contribution in [0.25, 0.3) is 11.3 Å². The SMILES string of the molecule is Cc1cc(NC(=O)c2ncc(-c3cn(C4CCC4)nc3C(F)(F)F)n2C)ccc1C(=O)N1CCN(C(=O)NC2CNC2)CC1. The average molecular weight is 614 g/mol. The topological polar surface area (TPSA) is 129 Å². The van der Waals surface area contributed by atoms with Crippen LogP contribution in [0.4, 0.5) is 23.7 Å². The summed E-state index contributed by atoms with van der Waals surface area (Å²) in [5.74, 6) is -0.845. The Morgan fingerprint density at radius 1 is 1.05 bits per heavy atom. The highest BCUT2D eigenvalue weighted by atomic mass is 19.4. The Bertz CT molecular complexity index is 1580. The van der Waals surface area contributed by atoms with Crippen molar-refractivity contribution in [1.82, 2.24) is 39.8 Å². The number of piperazine rings is 1. The first-order valence-corrected chi connectivity index (χ1v) is 14.7. The van der Waals surface area contributed by atoms with Crippen molar-refractivity contribution < 1.29 is 27.6 Å². The zero-order valence-corrected chi connectivity index (χ0v) is 24.4. The second-order valence-corrected chi connectivity index (χ2v) is 11.5. The van der Waals surface area contributed by atoms with E-state index in [1.807, 2.05) is 0 Å². The second-order valence-electron chi connectivity index (χ2n) is 11.5. The fourth-order valence-corrected chi connectivity index (χ4v) is 5.61. The van der Waals surface area contributed by atoms with Crippen LogP contribution in [0, 0.1) is 6.92 Å². The molecular weight excluding hydrogens is 579 g/mol. The quantitative estimate of drug-likeness (QED) is 0.392. The summed E-state index contributed by atoms with van der Waals surface area (Å²) in [7, 11) is 1.49. The van der Waals surface area contributed by atoms with Gasteiger partial charge in [0.05, 0.1) is 29.5 Å². The molecule has 2 saturated heterocycles. The Kier molecular flexibility index (Phi) is 7.82. The van der Waals surface area contributed by atoms with E-state index in [1.165, 1.54) is 28.7 Å². The molecule has 0 unspecified atom stereocenters. The Balaban J connectivity index is 1.11. The summed E-state index contributed by atoms with van der Waals surface area (Å²) in [6.07, 6.45) is 0.453. The number of aromatic nitrogens is 4. The summed E-state index contributed by atoms with van der Waals surface area (Å²) >= 11 is 0. The van der Waals surface area contributed by atoms with E-state index in [-0.39, 0.29) is 41.1 Å². The van der Waals surface area contributed by atoms with Gasteiger partial charge in [0.2, 0.25) is 0 Å². The van der Waals surface area contributed by atoms with E-state index >= 15 is 0 Å². The number of alkyl halides is 3. The standard InChI is InChI=1S/C29H34F3N9O3/c1-17-12-18(6-7-21(17)27(43)39-8-10-40(11-9-39)28(44)36-19-13-33-14-19)35-26(42)25-34-15-23(38(25)2)22-16-41(20-4-3-5-20)37-24(22)29(30,31)32/h6-7,12,15-16,19-20,33H,3-5,8-11,13-14H2,1-2H3,(H,35,42)(H,36,44). The molecule has 3 fully saturated rings. The van der Waals surface area contributed by atoms with Gasteiger partial charge in [0.15, 0.2) is 11.5 Å². The number of aryl methyl sites for hydroxylation is 1. The molecule has 3 aromatic rings. The molecule has 3 N–H and O–H groups in total. The summed E-state index contributed by atoms with van der Waals surface area (Å²) in [6, 6.07) is 4.85. The number of rotatable bonds is 6. The molecule has 234 valence electrons. The molecule has 1 aliphatic carbocycles. The van der Waals surface area contributed by atoms with Gasteiger partial charge in [-0.3, -0.25) is 14.3 Å². The first kappa shape index (κ1) is 29.7. The zero-order chi connectivity index (χ0) is 31.2. The number of urea groups is 1. The normalized spacial score (nSPS) is 17.7. The molecular formula is C29H34F3N9O3. The summed E-state index contributed by atoms with van der Waals surface area (Å²) < 4.78 is 44.2. The van der Waals surface area contributed by atoms with Crippen LogP contribution in [0.15, 0.2) is 30.6 Å². The summed E-state index contributed by atoms with van der Waals surface area (Å²) in [4.78, 5) is 46.3. The molecule has 3 aliphatic rings. The number of hydrogen-bond acceptors (Lipinski definition) is 6. The molecule has 15 heteroatoms. The monoisotopic (exact) mass is 613 g/mol. The molecule has 0 atom stereocenters. The van der Waals surface area contributed by atoms with Gasteiger partial charge in [-0.25, -0.2) is 9.78 Å². The number of carbonyl (C=O) groups excluding carboxylic acids is 3. The van der Waals surface area contributed by atoms with Crippen LogP contribution >= 0.6 is 0 Å². The number of halogens is 3. The Hall–Kier alpha value is -4.40. The highest BCUT2D eigenvalue weighted by Gasteiger charge is 2.39. The zero-order valence-electron chi connectivity index (χ0n) is 24.4. The lowest BCUT2D eigenvalue weighted by atomic mass is 9.93. The number of imidazole rings is 1. The van der Waals surface area contributed by atoms with Gasteiger partial charge in [-0.05, 0) is 49.9 Å². The maximum Gasteiger partial charge on any atom is 0.435 e. The van der Waals surface area contributed by atoms with Crippen molar-refractivity contribution in [2.24, 2.45) is 7.05 Å². The highest BCUT2D eigenvalue weighted by Crippen LogP contribution is 2.39. The smallest absolute Gasteiger partial charge is 0.335 e. The van der Waals surface area contributed by atoms with Gasteiger partial charge in [-0.2, -0.15) is 18.3 Å². The number of carbonyl (C=O) groups is 3. The number of anilines is 1. The van der Waals surface area contributed by atoms with Crippen LogP contribution in [0.2, 0.25) is 0 Å². The maximum absolute atomic E-state index is 13.8.